The Morgan fingerprint density at radius 2 is 1.77 bits per heavy atom. The molecule has 6 nitrogen and oxygen atoms in total. The summed E-state index contributed by atoms with van der Waals surface area (Å²) in [6.45, 7) is 5.19. The van der Waals surface area contributed by atoms with Crippen LogP contribution < -0.4 is 16.0 Å². The fourth-order valence-electron chi connectivity index (χ4n) is 2.18. The molecule has 0 saturated heterocycles. The van der Waals surface area contributed by atoms with Crippen LogP contribution in [0.1, 0.15) is 28.5 Å². The quantitative estimate of drug-likeness (QED) is 0.656. The summed E-state index contributed by atoms with van der Waals surface area (Å²) in [6, 6.07) is 5.89. The minimum absolute atomic E-state index is 0.166. The largest absolute Gasteiger partial charge is 0.416 e. The molecule has 3 N–H and O–H groups in total. The monoisotopic (exact) mass is 367 g/mol. The first-order valence-corrected chi connectivity index (χ1v) is 8.08. The Bertz CT molecular complexity index is 747. The second kappa shape index (κ2) is 8.50. The Hall–Kier alpha value is -2.84. The number of alkyl halides is 3. The van der Waals surface area contributed by atoms with Crippen molar-refractivity contribution in [1.82, 2.24) is 15.3 Å². The molecule has 0 bridgehead atoms. The number of rotatable bonds is 7. The first-order chi connectivity index (χ1) is 12.3. The standard InChI is InChI=1S/C17H20F3N5O/c1-3-21-14-10-11(2)24-16(25-14)23-9-8-22-15(26)12-4-6-13(7-5-12)17(18,19)20/h4-7,10H,3,8-9H2,1-2H3,(H,22,26)(H2,21,23,24,25). The first-order valence-electron chi connectivity index (χ1n) is 8.08. The molecular weight excluding hydrogens is 347 g/mol. The first kappa shape index (κ1) is 19.5. The van der Waals surface area contributed by atoms with E-state index in [1.807, 2.05) is 19.9 Å². The Kier molecular flexibility index (Phi) is 6.37. The Morgan fingerprint density at radius 1 is 1.08 bits per heavy atom. The van der Waals surface area contributed by atoms with Crippen molar-refractivity contribution >= 4 is 17.7 Å². The lowest BCUT2D eigenvalue weighted by atomic mass is 10.1. The summed E-state index contributed by atoms with van der Waals surface area (Å²) >= 11 is 0. The number of hydrogen-bond donors (Lipinski definition) is 3. The van der Waals surface area contributed by atoms with Crippen molar-refractivity contribution in [1.29, 1.82) is 0 Å². The molecule has 1 heterocycles. The SMILES string of the molecule is CCNc1cc(C)nc(NCCNC(=O)c2ccc(C(F)(F)F)cc2)n1. The van der Waals surface area contributed by atoms with Crippen molar-refractivity contribution in [3.05, 3.63) is 47.2 Å². The molecule has 0 spiro atoms. The second-order valence-corrected chi connectivity index (χ2v) is 5.51. The lowest BCUT2D eigenvalue weighted by molar-refractivity contribution is -0.137. The van der Waals surface area contributed by atoms with Crippen LogP contribution in [-0.2, 0) is 6.18 Å². The number of nitrogens with one attached hydrogen (secondary N) is 3. The normalized spacial score (nSPS) is 11.1. The summed E-state index contributed by atoms with van der Waals surface area (Å²) in [5.41, 5.74) is 0.176. The van der Waals surface area contributed by atoms with Crippen molar-refractivity contribution in [2.75, 3.05) is 30.3 Å². The van der Waals surface area contributed by atoms with Gasteiger partial charge in [-0.25, -0.2) is 4.98 Å². The van der Waals surface area contributed by atoms with Gasteiger partial charge in [0.2, 0.25) is 5.95 Å². The van der Waals surface area contributed by atoms with Crippen molar-refractivity contribution in [3.8, 4) is 0 Å². The molecule has 9 heteroatoms. The number of amides is 1. The summed E-state index contributed by atoms with van der Waals surface area (Å²) in [4.78, 5) is 20.5. The molecule has 1 amide bonds. The number of carbonyl (C=O) groups excluding carboxylic acids is 1. The summed E-state index contributed by atoms with van der Waals surface area (Å²) in [5, 5.41) is 8.72. The average molecular weight is 367 g/mol. The zero-order valence-electron chi connectivity index (χ0n) is 14.4. The molecule has 0 fully saturated rings. The third-order valence-corrected chi connectivity index (χ3v) is 3.38. The summed E-state index contributed by atoms with van der Waals surface area (Å²) < 4.78 is 37.5. The molecule has 0 radical (unpaired) electrons. The molecule has 26 heavy (non-hydrogen) atoms. The van der Waals surface area contributed by atoms with Gasteiger partial charge in [-0.15, -0.1) is 0 Å². The van der Waals surface area contributed by atoms with Crippen LogP contribution >= 0.6 is 0 Å². The van der Waals surface area contributed by atoms with Gasteiger partial charge in [-0.3, -0.25) is 4.79 Å². The number of benzene rings is 1. The second-order valence-electron chi connectivity index (χ2n) is 5.51. The van der Waals surface area contributed by atoms with Crippen molar-refractivity contribution in [3.63, 3.8) is 0 Å². The zero-order valence-corrected chi connectivity index (χ0v) is 14.4. The lowest BCUT2D eigenvalue weighted by Gasteiger charge is -2.10. The van der Waals surface area contributed by atoms with Gasteiger partial charge >= 0.3 is 6.18 Å². The van der Waals surface area contributed by atoms with Gasteiger partial charge in [0.25, 0.3) is 5.91 Å². The highest BCUT2D eigenvalue weighted by molar-refractivity contribution is 5.94. The number of anilines is 2. The van der Waals surface area contributed by atoms with Crippen molar-refractivity contribution in [2.24, 2.45) is 0 Å². The van der Waals surface area contributed by atoms with Gasteiger partial charge in [0.05, 0.1) is 5.56 Å². The molecule has 0 unspecified atom stereocenters. The predicted molar refractivity (Wildman–Crippen MR) is 93.2 cm³/mol. The van der Waals surface area contributed by atoms with Gasteiger partial charge in [0.1, 0.15) is 5.82 Å². The highest BCUT2D eigenvalue weighted by Gasteiger charge is 2.30. The molecule has 2 rings (SSSR count). The van der Waals surface area contributed by atoms with Gasteiger partial charge in [-0.05, 0) is 38.1 Å². The smallest absolute Gasteiger partial charge is 0.370 e. The zero-order chi connectivity index (χ0) is 19.2. The van der Waals surface area contributed by atoms with E-state index in [2.05, 4.69) is 25.9 Å². The highest BCUT2D eigenvalue weighted by Crippen LogP contribution is 2.29. The van der Waals surface area contributed by atoms with Crippen LogP contribution in [0, 0.1) is 6.92 Å². The number of aryl methyl sites for hydroxylation is 1. The maximum absolute atomic E-state index is 12.5. The minimum Gasteiger partial charge on any atom is -0.370 e. The van der Waals surface area contributed by atoms with Crippen LogP contribution in [0.25, 0.3) is 0 Å². The highest BCUT2D eigenvalue weighted by atomic mass is 19.4. The van der Waals surface area contributed by atoms with E-state index in [1.165, 1.54) is 0 Å². The number of aromatic nitrogens is 2. The Balaban J connectivity index is 1.83. The number of halogens is 3. The molecule has 1 aromatic heterocycles. The van der Waals surface area contributed by atoms with E-state index in [4.69, 9.17) is 0 Å². The fourth-order valence-corrected chi connectivity index (χ4v) is 2.18. The molecule has 0 aliphatic rings. The third-order valence-electron chi connectivity index (χ3n) is 3.38. The summed E-state index contributed by atoms with van der Waals surface area (Å²) in [5.74, 6) is 0.694. The van der Waals surface area contributed by atoms with Gasteiger partial charge in [-0.1, -0.05) is 0 Å². The topological polar surface area (TPSA) is 78.9 Å². The van der Waals surface area contributed by atoms with Crippen LogP contribution in [0.2, 0.25) is 0 Å². The maximum atomic E-state index is 12.5. The summed E-state index contributed by atoms with van der Waals surface area (Å²) in [6.07, 6.45) is -4.42. The number of hydrogen-bond acceptors (Lipinski definition) is 5. The molecule has 140 valence electrons. The van der Waals surface area contributed by atoms with Crippen LogP contribution in [-0.4, -0.2) is 35.5 Å². The van der Waals surface area contributed by atoms with Crippen molar-refractivity contribution in [2.45, 2.75) is 20.0 Å². The van der Waals surface area contributed by atoms with E-state index >= 15 is 0 Å². The van der Waals surface area contributed by atoms with Gasteiger partial charge in [-0.2, -0.15) is 18.2 Å². The van der Waals surface area contributed by atoms with E-state index in [1.54, 1.807) is 0 Å². The van der Waals surface area contributed by atoms with Crippen LogP contribution in [0.3, 0.4) is 0 Å². The lowest BCUT2D eigenvalue weighted by Crippen LogP contribution is -2.29. The molecule has 0 aliphatic carbocycles. The molecule has 0 saturated carbocycles. The summed E-state index contributed by atoms with van der Waals surface area (Å²) in [7, 11) is 0. The van der Waals surface area contributed by atoms with Gasteiger partial charge in [0.15, 0.2) is 0 Å². The molecule has 0 atom stereocenters. The Morgan fingerprint density at radius 3 is 2.38 bits per heavy atom. The number of carbonyl (C=O) groups is 1. The minimum atomic E-state index is -4.42. The van der Waals surface area contributed by atoms with E-state index in [9.17, 15) is 18.0 Å². The Labute approximate surface area is 149 Å². The van der Waals surface area contributed by atoms with E-state index in [0.717, 1.165) is 36.5 Å². The van der Waals surface area contributed by atoms with Crippen LogP contribution in [0.15, 0.2) is 30.3 Å². The molecular formula is C17H20F3N5O. The number of nitrogens with zero attached hydrogens (tertiary/aromatic N) is 2. The van der Waals surface area contributed by atoms with Gasteiger partial charge < -0.3 is 16.0 Å². The van der Waals surface area contributed by atoms with E-state index in [-0.39, 0.29) is 12.1 Å². The molecule has 1 aromatic carbocycles. The van der Waals surface area contributed by atoms with Crippen LogP contribution in [0.4, 0.5) is 24.9 Å². The molecule has 2 aromatic rings. The van der Waals surface area contributed by atoms with E-state index in [0.29, 0.717) is 18.3 Å². The average Bonchev–Trinajstić information content (AvgIpc) is 2.58. The predicted octanol–water partition coefficient (Wildman–Crippen LogP) is 3.08. The van der Waals surface area contributed by atoms with Gasteiger partial charge in [0, 0.05) is 37.0 Å². The van der Waals surface area contributed by atoms with Crippen LogP contribution in [0.5, 0.6) is 0 Å². The maximum Gasteiger partial charge on any atom is 0.416 e. The molecule has 0 aliphatic heterocycles. The van der Waals surface area contributed by atoms with E-state index < -0.39 is 17.6 Å². The van der Waals surface area contributed by atoms with Crippen molar-refractivity contribution < 1.29 is 18.0 Å². The fraction of sp³-hybridized carbons (Fsp3) is 0.353. The third kappa shape index (κ3) is 5.61.